The smallest absolute Gasteiger partial charge is 0.260 e. The van der Waals surface area contributed by atoms with Crippen molar-refractivity contribution in [3.8, 4) is 5.69 Å². The van der Waals surface area contributed by atoms with Gasteiger partial charge in [-0.15, -0.1) is 0 Å². The van der Waals surface area contributed by atoms with Crippen LogP contribution in [0.4, 0.5) is 5.69 Å². The van der Waals surface area contributed by atoms with E-state index in [9.17, 15) is 13.2 Å². The number of nitrogens with one attached hydrogen (secondary N) is 1. The number of anilines is 1. The summed E-state index contributed by atoms with van der Waals surface area (Å²) in [6.07, 6.45) is 2.59. The molecule has 0 saturated heterocycles. The first kappa shape index (κ1) is 25.8. The highest BCUT2D eigenvalue weighted by Crippen LogP contribution is 2.28. The molecule has 3 rings (SSSR count). The molecule has 0 aliphatic heterocycles. The molecule has 2 aromatic carbocycles. The van der Waals surface area contributed by atoms with Crippen molar-refractivity contribution in [1.82, 2.24) is 9.99 Å². The van der Waals surface area contributed by atoms with Crippen molar-refractivity contribution >= 4 is 51.0 Å². The van der Waals surface area contributed by atoms with Crippen LogP contribution in [0, 0.1) is 27.7 Å². The molecular formula is C24H26Cl2N4O3S. The molecule has 0 fully saturated rings. The lowest BCUT2D eigenvalue weighted by Gasteiger charge is -2.23. The molecule has 1 N–H and O–H groups in total. The summed E-state index contributed by atoms with van der Waals surface area (Å²) in [5.41, 5.74) is 7.88. The van der Waals surface area contributed by atoms with Crippen LogP contribution in [0.5, 0.6) is 0 Å². The van der Waals surface area contributed by atoms with Gasteiger partial charge in [-0.25, -0.2) is 13.8 Å². The standard InChI is InChI=1S/C24H26Cl2N4O3S/c1-15-6-7-16(2)23(10-15)29(34(5,32)33)14-24(31)28-27-13-19-11-17(3)30(18(19)4)22-9-8-20(25)12-21(22)26/h6-13H,14H2,1-5H3,(H,28,31)/b27-13+. The molecule has 0 aliphatic rings. The number of carbonyl (C=O) groups is 1. The number of hydrazone groups is 1. The second-order valence-electron chi connectivity index (χ2n) is 8.11. The highest BCUT2D eigenvalue weighted by atomic mass is 35.5. The third-order valence-corrected chi connectivity index (χ3v) is 7.00. The van der Waals surface area contributed by atoms with E-state index >= 15 is 0 Å². The van der Waals surface area contributed by atoms with Crippen molar-refractivity contribution in [2.24, 2.45) is 5.10 Å². The molecule has 0 saturated carbocycles. The van der Waals surface area contributed by atoms with Gasteiger partial charge in [0.05, 0.1) is 28.9 Å². The third-order valence-electron chi connectivity index (χ3n) is 5.33. The number of nitrogens with zero attached hydrogens (tertiary/aromatic N) is 3. The summed E-state index contributed by atoms with van der Waals surface area (Å²) in [4.78, 5) is 12.5. The fourth-order valence-corrected chi connectivity index (χ4v) is 5.06. The van der Waals surface area contributed by atoms with E-state index in [0.29, 0.717) is 15.7 Å². The third kappa shape index (κ3) is 5.81. The van der Waals surface area contributed by atoms with E-state index in [4.69, 9.17) is 23.2 Å². The number of hydrogen-bond acceptors (Lipinski definition) is 4. The Morgan fingerprint density at radius 3 is 2.44 bits per heavy atom. The zero-order valence-electron chi connectivity index (χ0n) is 19.6. The van der Waals surface area contributed by atoms with Crippen molar-refractivity contribution in [3.05, 3.63) is 80.6 Å². The van der Waals surface area contributed by atoms with Crippen molar-refractivity contribution in [3.63, 3.8) is 0 Å². The molecule has 1 aromatic heterocycles. The predicted octanol–water partition coefficient (Wildman–Crippen LogP) is 4.93. The summed E-state index contributed by atoms with van der Waals surface area (Å²) < 4.78 is 27.8. The van der Waals surface area contributed by atoms with Crippen molar-refractivity contribution < 1.29 is 13.2 Å². The van der Waals surface area contributed by atoms with Gasteiger partial charge in [0.15, 0.2) is 0 Å². The highest BCUT2D eigenvalue weighted by molar-refractivity contribution is 7.92. The number of hydrogen-bond donors (Lipinski definition) is 1. The van der Waals surface area contributed by atoms with Crippen LogP contribution < -0.4 is 9.73 Å². The Hall–Kier alpha value is -2.81. The summed E-state index contributed by atoms with van der Waals surface area (Å²) in [7, 11) is -3.68. The molecular weight excluding hydrogens is 495 g/mol. The SMILES string of the molecule is Cc1ccc(C)c(N(CC(=O)N/N=C/c2cc(C)n(-c3ccc(Cl)cc3Cl)c2C)S(C)(=O)=O)c1. The van der Waals surface area contributed by atoms with Gasteiger partial charge in [-0.05, 0) is 69.2 Å². The van der Waals surface area contributed by atoms with Crippen molar-refractivity contribution in [2.75, 3.05) is 17.1 Å². The van der Waals surface area contributed by atoms with Crippen LogP contribution in [0.15, 0.2) is 47.6 Å². The number of aryl methyl sites for hydroxylation is 3. The van der Waals surface area contributed by atoms with Gasteiger partial charge in [0.25, 0.3) is 5.91 Å². The molecule has 34 heavy (non-hydrogen) atoms. The van der Waals surface area contributed by atoms with Gasteiger partial charge in [-0.2, -0.15) is 5.10 Å². The molecule has 0 spiro atoms. The fraction of sp³-hybridized carbons (Fsp3) is 0.250. The van der Waals surface area contributed by atoms with Gasteiger partial charge in [0.2, 0.25) is 10.0 Å². The summed E-state index contributed by atoms with van der Waals surface area (Å²) in [6.45, 7) is 7.11. The zero-order chi connectivity index (χ0) is 25.2. The number of aromatic nitrogens is 1. The lowest BCUT2D eigenvalue weighted by molar-refractivity contribution is -0.119. The molecule has 0 unspecified atom stereocenters. The number of amides is 1. The second-order valence-corrected chi connectivity index (χ2v) is 10.9. The zero-order valence-corrected chi connectivity index (χ0v) is 21.9. The number of sulfonamides is 1. The molecule has 0 bridgehead atoms. The van der Waals surface area contributed by atoms with Crippen LogP contribution in [-0.4, -0.2) is 37.9 Å². The van der Waals surface area contributed by atoms with Gasteiger partial charge in [0, 0.05) is 22.0 Å². The maximum Gasteiger partial charge on any atom is 0.260 e. The van der Waals surface area contributed by atoms with E-state index in [1.807, 2.05) is 49.6 Å². The molecule has 180 valence electrons. The normalized spacial score (nSPS) is 11.7. The van der Waals surface area contributed by atoms with E-state index in [0.717, 1.165) is 44.3 Å². The maximum absolute atomic E-state index is 12.5. The monoisotopic (exact) mass is 520 g/mol. The molecule has 10 heteroatoms. The lowest BCUT2D eigenvalue weighted by atomic mass is 10.1. The Morgan fingerprint density at radius 1 is 1.09 bits per heavy atom. The van der Waals surface area contributed by atoms with Gasteiger partial charge >= 0.3 is 0 Å². The highest BCUT2D eigenvalue weighted by Gasteiger charge is 2.22. The Bertz CT molecular complexity index is 1380. The van der Waals surface area contributed by atoms with E-state index in [-0.39, 0.29) is 6.54 Å². The Kier molecular flexibility index (Phi) is 7.75. The summed E-state index contributed by atoms with van der Waals surface area (Å²) in [5, 5.41) is 5.10. The minimum atomic E-state index is -3.68. The number of benzene rings is 2. The first-order chi connectivity index (χ1) is 15.9. The average molecular weight is 521 g/mol. The van der Waals surface area contributed by atoms with E-state index in [1.54, 1.807) is 25.1 Å². The molecule has 0 atom stereocenters. The van der Waals surface area contributed by atoms with E-state index in [2.05, 4.69) is 10.5 Å². The van der Waals surface area contributed by atoms with Gasteiger partial charge in [0.1, 0.15) is 6.54 Å². The first-order valence-electron chi connectivity index (χ1n) is 10.4. The summed E-state index contributed by atoms with van der Waals surface area (Å²) in [5.74, 6) is -0.558. The first-order valence-corrected chi connectivity index (χ1v) is 13.0. The largest absolute Gasteiger partial charge is 0.316 e. The minimum Gasteiger partial charge on any atom is -0.316 e. The van der Waals surface area contributed by atoms with Crippen molar-refractivity contribution in [1.29, 1.82) is 0 Å². The van der Waals surface area contributed by atoms with E-state index in [1.165, 1.54) is 6.21 Å². The Balaban J connectivity index is 1.79. The molecule has 1 amide bonds. The topological polar surface area (TPSA) is 83.8 Å². The Labute approximate surface area is 210 Å². The van der Waals surface area contributed by atoms with Gasteiger partial charge in [-0.1, -0.05) is 35.3 Å². The predicted molar refractivity (Wildman–Crippen MR) is 139 cm³/mol. The van der Waals surface area contributed by atoms with Gasteiger partial charge < -0.3 is 4.57 Å². The summed E-state index contributed by atoms with van der Waals surface area (Å²) >= 11 is 12.4. The molecule has 3 aromatic rings. The van der Waals surface area contributed by atoms with Crippen molar-refractivity contribution in [2.45, 2.75) is 27.7 Å². The fourth-order valence-electron chi connectivity index (χ4n) is 3.66. The average Bonchev–Trinajstić information content (AvgIpc) is 3.01. The van der Waals surface area contributed by atoms with Crippen LogP contribution in [0.1, 0.15) is 28.1 Å². The molecule has 0 aliphatic carbocycles. The van der Waals surface area contributed by atoms with Crippen LogP contribution in [0.2, 0.25) is 10.0 Å². The Morgan fingerprint density at radius 2 is 1.79 bits per heavy atom. The van der Waals surface area contributed by atoms with E-state index < -0.39 is 15.9 Å². The van der Waals surface area contributed by atoms with Gasteiger partial charge in [-0.3, -0.25) is 9.10 Å². The minimum absolute atomic E-state index is 0.389. The number of halogens is 2. The summed E-state index contributed by atoms with van der Waals surface area (Å²) in [6, 6.07) is 12.6. The lowest BCUT2D eigenvalue weighted by Crippen LogP contribution is -2.39. The van der Waals surface area contributed by atoms with Crippen LogP contribution in [-0.2, 0) is 14.8 Å². The second kappa shape index (κ2) is 10.2. The van der Waals surface area contributed by atoms with Crippen LogP contribution >= 0.6 is 23.2 Å². The molecule has 1 heterocycles. The van der Waals surface area contributed by atoms with Crippen LogP contribution in [0.3, 0.4) is 0 Å². The quantitative estimate of drug-likeness (QED) is 0.353. The maximum atomic E-state index is 12.5. The number of rotatable bonds is 7. The molecule has 7 nitrogen and oxygen atoms in total. The van der Waals surface area contributed by atoms with Crippen LogP contribution in [0.25, 0.3) is 5.69 Å². The number of carbonyl (C=O) groups excluding carboxylic acids is 1. The molecule has 0 radical (unpaired) electrons.